The van der Waals surface area contributed by atoms with Crippen molar-refractivity contribution in [3.63, 3.8) is 0 Å². The number of aromatic nitrogens is 1. The Morgan fingerprint density at radius 3 is 2.89 bits per heavy atom. The highest BCUT2D eigenvalue weighted by Gasteiger charge is 2.28. The third-order valence-corrected chi connectivity index (χ3v) is 7.26. The van der Waals surface area contributed by atoms with E-state index in [0.29, 0.717) is 11.6 Å². The summed E-state index contributed by atoms with van der Waals surface area (Å²) in [5.74, 6) is -0.101. The number of phenols is 1. The summed E-state index contributed by atoms with van der Waals surface area (Å²) < 4.78 is 4.71. The van der Waals surface area contributed by atoms with Crippen molar-refractivity contribution in [2.75, 3.05) is 13.7 Å². The molecule has 1 heterocycles. The number of esters is 1. The highest BCUT2D eigenvalue weighted by molar-refractivity contribution is 6.30. The number of carbonyl (C=O) groups excluding carboxylic acids is 1. The standard InChI is InChI=1S/C30H29ClN2O3/c1-36-30(35)13-7-20-6-10-26-21(16-20)8-11-28(26)33(19-23-17-24(31)9-12-29(23)34)15-14-22-18-32-27-5-3-2-4-25(22)27/h2-7,9-10,12-13,16-18,28,32,34H,8,11,14-15,19H2,1H3/b13-7+. The lowest BCUT2D eigenvalue weighted by Gasteiger charge is -2.30. The van der Waals surface area contributed by atoms with Crippen LogP contribution in [-0.2, 0) is 28.9 Å². The van der Waals surface area contributed by atoms with E-state index in [2.05, 4.69) is 46.4 Å². The Kier molecular flexibility index (Phi) is 7.12. The van der Waals surface area contributed by atoms with Crippen LogP contribution < -0.4 is 0 Å². The first-order valence-corrected chi connectivity index (χ1v) is 12.5. The molecule has 1 aromatic heterocycles. The number of aryl methyl sites for hydroxylation is 1. The molecule has 0 amide bonds. The highest BCUT2D eigenvalue weighted by Crippen LogP contribution is 2.38. The number of nitrogens with one attached hydrogen (secondary N) is 1. The Balaban J connectivity index is 1.42. The third-order valence-electron chi connectivity index (χ3n) is 7.03. The number of carbonyl (C=O) groups is 1. The number of para-hydroxylation sites is 1. The Morgan fingerprint density at radius 2 is 2.03 bits per heavy atom. The first-order chi connectivity index (χ1) is 17.5. The molecule has 0 spiro atoms. The molecule has 184 valence electrons. The van der Waals surface area contributed by atoms with Crippen molar-refractivity contribution >= 4 is 34.5 Å². The fourth-order valence-corrected chi connectivity index (χ4v) is 5.37. The summed E-state index contributed by atoms with van der Waals surface area (Å²) in [7, 11) is 1.38. The van der Waals surface area contributed by atoms with E-state index in [9.17, 15) is 9.90 Å². The molecule has 6 heteroatoms. The molecule has 0 saturated carbocycles. The van der Waals surface area contributed by atoms with Crippen LogP contribution >= 0.6 is 11.6 Å². The molecule has 1 atom stereocenters. The summed E-state index contributed by atoms with van der Waals surface area (Å²) >= 11 is 6.27. The number of fused-ring (bicyclic) bond motifs is 2. The van der Waals surface area contributed by atoms with Crippen LogP contribution in [0.3, 0.4) is 0 Å². The maximum absolute atomic E-state index is 11.5. The van der Waals surface area contributed by atoms with Gasteiger partial charge in [-0.25, -0.2) is 4.79 Å². The van der Waals surface area contributed by atoms with E-state index in [1.165, 1.54) is 35.3 Å². The zero-order valence-corrected chi connectivity index (χ0v) is 21.0. The summed E-state index contributed by atoms with van der Waals surface area (Å²) in [6.07, 6.45) is 8.18. The van der Waals surface area contributed by atoms with Crippen molar-refractivity contribution in [2.45, 2.75) is 31.8 Å². The summed E-state index contributed by atoms with van der Waals surface area (Å²) in [4.78, 5) is 17.3. The van der Waals surface area contributed by atoms with E-state index in [-0.39, 0.29) is 17.8 Å². The molecule has 5 rings (SSSR count). The number of ether oxygens (including phenoxy) is 1. The number of phenolic OH excluding ortho intramolecular Hbond substituents is 1. The van der Waals surface area contributed by atoms with Crippen molar-refractivity contribution in [3.05, 3.63) is 106 Å². The molecule has 0 aliphatic heterocycles. The Labute approximate surface area is 216 Å². The molecule has 4 aromatic rings. The number of rotatable bonds is 8. The number of hydrogen-bond donors (Lipinski definition) is 2. The maximum Gasteiger partial charge on any atom is 0.330 e. The molecule has 0 bridgehead atoms. The maximum atomic E-state index is 11.5. The van der Waals surface area contributed by atoms with Gasteiger partial charge in [-0.2, -0.15) is 0 Å². The number of aromatic amines is 1. The van der Waals surface area contributed by atoms with Gasteiger partial charge >= 0.3 is 5.97 Å². The SMILES string of the molecule is COC(=O)/C=C/c1ccc2c(c1)CCC2N(CCc1c[nH]c2ccccc12)Cc1cc(Cl)ccc1O. The predicted molar refractivity (Wildman–Crippen MR) is 144 cm³/mol. The number of aromatic hydroxyl groups is 1. The molecule has 1 aliphatic rings. The summed E-state index contributed by atoms with van der Waals surface area (Å²) in [6.45, 7) is 1.44. The number of benzene rings is 3. The van der Waals surface area contributed by atoms with Crippen LogP contribution in [0.25, 0.3) is 17.0 Å². The van der Waals surface area contributed by atoms with Crippen LogP contribution in [0.2, 0.25) is 5.02 Å². The van der Waals surface area contributed by atoms with Crippen molar-refractivity contribution < 1.29 is 14.6 Å². The molecule has 0 fully saturated rings. The number of nitrogens with zero attached hydrogens (tertiary/aromatic N) is 1. The molecule has 1 unspecified atom stereocenters. The van der Waals surface area contributed by atoms with Crippen LogP contribution in [0, 0.1) is 0 Å². The van der Waals surface area contributed by atoms with E-state index in [0.717, 1.165) is 42.5 Å². The Morgan fingerprint density at radius 1 is 1.17 bits per heavy atom. The lowest BCUT2D eigenvalue weighted by Crippen LogP contribution is -2.29. The van der Waals surface area contributed by atoms with Crippen LogP contribution in [0.4, 0.5) is 0 Å². The summed E-state index contributed by atoms with van der Waals surface area (Å²) in [5, 5.41) is 12.4. The van der Waals surface area contributed by atoms with Gasteiger partial charge in [-0.05, 0) is 71.9 Å². The zero-order chi connectivity index (χ0) is 25.1. The molecule has 0 saturated heterocycles. The van der Waals surface area contributed by atoms with Gasteiger partial charge in [-0.1, -0.05) is 48.0 Å². The Bertz CT molecular complexity index is 1420. The average molecular weight is 501 g/mol. The van der Waals surface area contributed by atoms with Crippen LogP contribution in [0.5, 0.6) is 5.75 Å². The van der Waals surface area contributed by atoms with E-state index in [1.807, 2.05) is 18.2 Å². The fraction of sp³-hybridized carbons (Fsp3) is 0.233. The number of halogens is 1. The quantitative estimate of drug-likeness (QED) is 0.216. The molecule has 2 N–H and O–H groups in total. The molecule has 3 aromatic carbocycles. The normalized spacial score (nSPS) is 15.1. The minimum absolute atomic E-state index is 0.224. The molecule has 36 heavy (non-hydrogen) atoms. The molecular formula is C30H29ClN2O3. The molecule has 1 aliphatic carbocycles. The highest BCUT2D eigenvalue weighted by atomic mass is 35.5. The van der Waals surface area contributed by atoms with Gasteiger partial charge in [0.25, 0.3) is 0 Å². The second kappa shape index (κ2) is 10.6. The third kappa shape index (κ3) is 5.18. The van der Waals surface area contributed by atoms with Gasteiger partial charge in [0.1, 0.15) is 5.75 Å². The smallest absolute Gasteiger partial charge is 0.330 e. The van der Waals surface area contributed by atoms with Crippen LogP contribution in [0.1, 0.15) is 40.3 Å². The van der Waals surface area contributed by atoms with E-state index < -0.39 is 0 Å². The predicted octanol–water partition coefficient (Wildman–Crippen LogP) is 6.45. The van der Waals surface area contributed by atoms with Crippen molar-refractivity contribution in [2.24, 2.45) is 0 Å². The number of methoxy groups -OCH3 is 1. The first-order valence-electron chi connectivity index (χ1n) is 12.2. The molecule has 0 radical (unpaired) electrons. The summed E-state index contributed by atoms with van der Waals surface area (Å²) in [5.41, 5.74) is 6.83. The lowest BCUT2D eigenvalue weighted by atomic mass is 10.0. The van der Waals surface area contributed by atoms with Gasteiger partial charge in [0, 0.05) is 52.9 Å². The van der Waals surface area contributed by atoms with Gasteiger partial charge in [0.2, 0.25) is 0 Å². The van der Waals surface area contributed by atoms with Gasteiger partial charge in [-0.15, -0.1) is 0 Å². The Hall–Kier alpha value is -3.54. The molecular weight excluding hydrogens is 472 g/mol. The van der Waals surface area contributed by atoms with Crippen LogP contribution in [0.15, 0.2) is 72.9 Å². The zero-order valence-electron chi connectivity index (χ0n) is 20.2. The van der Waals surface area contributed by atoms with Gasteiger partial charge < -0.3 is 14.8 Å². The second-order valence-electron chi connectivity index (χ2n) is 9.22. The minimum atomic E-state index is -0.363. The first kappa shape index (κ1) is 24.2. The van der Waals surface area contributed by atoms with E-state index >= 15 is 0 Å². The van der Waals surface area contributed by atoms with Gasteiger partial charge in [0.15, 0.2) is 0 Å². The van der Waals surface area contributed by atoms with E-state index in [1.54, 1.807) is 18.2 Å². The average Bonchev–Trinajstić information content (AvgIpc) is 3.51. The largest absolute Gasteiger partial charge is 0.508 e. The number of hydrogen-bond acceptors (Lipinski definition) is 4. The van der Waals surface area contributed by atoms with Crippen molar-refractivity contribution in [3.8, 4) is 5.75 Å². The van der Waals surface area contributed by atoms with Crippen molar-refractivity contribution in [1.82, 2.24) is 9.88 Å². The van der Waals surface area contributed by atoms with Crippen molar-refractivity contribution in [1.29, 1.82) is 0 Å². The molecule has 5 nitrogen and oxygen atoms in total. The van der Waals surface area contributed by atoms with Crippen LogP contribution in [-0.4, -0.2) is 34.6 Å². The fourth-order valence-electron chi connectivity index (χ4n) is 5.18. The second-order valence-corrected chi connectivity index (χ2v) is 9.66. The lowest BCUT2D eigenvalue weighted by molar-refractivity contribution is -0.134. The summed E-state index contributed by atoms with van der Waals surface area (Å²) in [6, 6.07) is 20.2. The monoisotopic (exact) mass is 500 g/mol. The minimum Gasteiger partial charge on any atom is -0.508 e. The van der Waals surface area contributed by atoms with Gasteiger partial charge in [-0.3, -0.25) is 4.90 Å². The topological polar surface area (TPSA) is 65.6 Å². The van der Waals surface area contributed by atoms with Gasteiger partial charge in [0.05, 0.1) is 7.11 Å². The van der Waals surface area contributed by atoms with E-state index in [4.69, 9.17) is 16.3 Å². The number of H-pyrrole nitrogens is 1.